The van der Waals surface area contributed by atoms with Crippen LogP contribution in [0.25, 0.3) is 0 Å². The first-order valence-corrected chi connectivity index (χ1v) is 12.4. The van der Waals surface area contributed by atoms with E-state index < -0.39 is 0 Å². The Morgan fingerprint density at radius 2 is 1.26 bits per heavy atom. The van der Waals surface area contributed by atoms with Crippen molar-refractivity contribution < 1.29 is 0 Å². The van der Waals surface area contributed by atoms with Crippen LogP contribution in [-0.4, -0.2) is 11.1 Å². The molecule has 0 rings (SSSR count). The van der Waals surface area contributed by atoms with E-state index in [0.717, 1.165) is 14.5 Å². The predicted molar refractivity (Wildman–Crippen MR) is 116 cm³/mol. The largest absolute Gasteiger partial charge is 0.126 e. The molecule has 0 saturated carbocycles. The lowest BCUT2D eigenvalue weighted by atomic mass is 9.95. The van der Waals surface area contributed by atoms with Crippen LogP contribution in [0.2, 0.25) is 0 Å². The van der Waals surface area contributed by atoms with E-state index in [0.29, 0.717) is 4.90 Å². The van der Waals surface area contributed by atoms with Gasteiger partial charge in [-0.2, -0.15) is 0 Å². The monoisotopic (exact) mass is 360 g/mol. The fourth-order valence-electron chi connectivity index (χ4n) is 3.36. The van der Waals surface area contributed by atoms with Gasteiger partial charge in [-0.3, -0.25) is 0 Å². The lowest BCUT2D eigenvalue weighted by Crippen LogP contribution is -2.25. The molecule has 0 nitrogen and oxygen atoms in total. The van der Waals surface area contributed by atoms with Crippen molar-refractivity contribution in [3.05, 3.63) is 0 Å². The van der Waals surface area contributed by atoms with Gasteiger partial charge in [-0.15, -0.1) is 17.8 Å². The Labute approximate surface area is 152 Å². The van der Waals surface area contributed by atoms with Crippen molar-refractivity contribution >= 4 is 17.8 Å². The van der Waals surface area contributed by atoms with Crippen LogP contribution >= 0.6 is 17.8 Å². The maximum Gasteiger partial charge on any atom is 0.00467 e. The Hall–Kier alpha value is 0.860. The highest BCUT2D eigenvalue weighted by Gasteiger charge is 2.29. The molecule has 4 unspecified atom stereocenters. The number of rotatable bonds is 17. The van der Waals surface area contributed by atoms with Gasteiger partial charge in [0.05, 0.1) is 0 Å². The molecule has 0 fully saturated rings. The summed E-state index contributed by atoms with van der Waals surface area (Å²) >= 11 is 0. The van der Waals surface area contributed by atoms with E-state index in [9.17, 15) is 0 Å². The lowest BCUT2D eigenvalue weighted by molar-refractivity contribution is 0.419. The van der Waals surface area contributed by atoms with Crippen LogP contribution in [0.15, 0.2) is 0 Å². The van der Waals surface area contributed by atoms with E-state index in [1.54, 1.807) is 0 Å². The maximum absolute atomic E-state index is 3.35. The van der Waals surface area contributed by atoms with Gasteiger partial charge in [0, 0.05) is 4.90 Å². The summed E-state index contributed by atoms with van der Waals surface area (Å²) < 4.78 is 0. The normalized spacial score (nSPS) is 16.0. The summed E-state index contributed by atoms with van der Waals surface area (Å²) in [5.74, 6) is 0.885. The third-order valence-corrected chi connectivity index (χ3v) is 8.77. The minimum atomic E-state index is 0.548. The summed E-state index contributed by atoms with van der Waals surface area (Å²) in [7, 11) is 4.50. The Balaban J connectivity index is 4.26. The highest BCUT2D eigenvalue weighted by molar-refractivity contribution is 7.52. The average Bonchev–Trinajstić information content (AvgIpc) is 2.55. The van der Waals surface area contributed by atoms with E-state index >= 15 is 0 Å². The highest BCUT2D eigenvalue weighted by atomic mass is 31.1. The van der Waals surface area contributed by atoms with Gasteiger partial charge < -0.3 is 0 Å². The zero-order valence-electron chi connectivity index (χ0n) is 16.8. The molecular weight excluding hydrogens is 314 g/mol. The number of unbranched alkanes of at least 4 members (excludes halogenated alkanes) is 9. The molecule has 0 aromatic rings. The van der Waals surface area contributed by atoms with Gasteiger partial charge in [0.1, 0.15) is 0 Å². The molecule has 2 heteroatoms. The van der Waals surface area contributed by atoms with Crippen molar-refractivity contribution in [3.63, 3.8) is 0 Å². The molecule has 0 aromatic heterocycles. The van der Waals surface area contributed by atoms with Crippen LogP contribution in [0.3, 0.4) is 0 Å². The van der Waals surface area contributed by atoms with E-state index in [4.69, 9.17) is 0 Å². The maximum atomic E-state index is 3.35. The van der Waals surface area contributed by atoms with E-state index in [1.807, 2.05) is 0 Å². The smallest absolute Gasteiger partial charge is 0.00467 e. The van der Waals surface area contributed by atoms with Crippen molar-refractivity contribution in [1.29, 1.82) is 0 Å². The quantitative estimate of drug-likeness (QED) is 0.180. The Bertz CT molecular complexity index is 242. The summed E-state index contributed by atoms with van der Waals surface area (Å²) in [6, 6.07) is 0. The molecule has 140 valence electrons. The average molecular weight is 361 g/mol. The molecule has 0 N–H and O–H groups in total. The molecule has 23 heavy (non-hydrogen) atoms. The summed E-state index contributed by atoms with van der Waals surface area (Å²) in [5, 5.41) is 0. The Morgan fingerprint density at radius 3 is 1.83 bits per heavy atom. The topological polar surface area (TPSA) is 0 Å². The van der Waals surface area contributed by atoms with E-state index in [2.05, 4.69) is 36.9 Å². The molecule has 0 aliphatic carbocycles. The summed E-state index contributed by atoms with van der Waals surface area (Å²) in [6.45, 7) is 9.49. The van der Waals surface area contributed by atoms with Gasteiger partial charge in [0.15, 0.2) is 0 Å². The molecule has 0 saturated heterocycles. The van der Waals surface area contributed by atoms with Crippen molar-refractivity contribution in [1.82, 2.24) is 0 Å². The molecule has 0 heterocycles. The van der Waals surface area contributed by atoms with Gasteiger partial charge in [-0.1, -0.05) is 98.3 Å². The standard InChI is InChI=1S/C21H46P2/c1-5-8-11-14-17-20(4)21(22,18-15-12-9-6-2)23-19-16-13-10-7-3/h20,23H,5-19,22H2,1-4H3. The molecular formula is C21H46P2. The molecule has 0 spiro atoms. The van der Waals surface area contributed by atoms with Gasteiger partial charge in [-0.25, -0.2) is 0 Å². The van der Waals surface area contributed by atoms with Crippen LogP contribution in [0.1, 0.15) is 118 Å². The third kappa shape index (κ3) is 12.8. The molecule has 0 amide bonds. The summed E-state index contributed by atoms with van der Waals surface area (Å²) in [5.41, 5.74) is 0. The van der Waals surface area contributed by atoms with Crippen LogP contribution in [0.4, 0.5) is 0 Å². The second-order valence-corrected chi connectivity index (χ2v) is 11.0. The van der Waals surface area contributed by atoms with Crippen molar-refractivity contribution in [2.24, 2.45) is 5.92 Å². The zero-order valence-corrected chi connectivity index (χ0v) is 18.9. The molecule has 0 aromatic carbocycles. The van der Waals surface area contributed by atoms with E-state index in [-0.39, 0.29) is 0 Å². The van der Waals surface area contributed by atoms with Crippen molar-refractivity contribution in [2.45, 2.75) is 122 Å². The van der Waals surface area contributed by atoms with Crippen molar-refractivity contribution in [3.8, 4) is 0 Å². The summed E-state index contributed by atoms with van der Waals surface area (Å²) in [6.07, 6.45) is 21.4. The Kier molecular flexibility index (Phi) is 16.9. The molecule has 0 aliphatic heterocycles. The third-order valence-electron chi connectivity index (χ3n) is 5.30. The Morgan fingerprint density at radius 1 is 0.739 bits per heavy atom. The highest BCUT2D eigenvalue weighted by Crippen LogP contribution is 2.50. The van der Waals surface area contributed by atoms with Crippen LogP contribution in [0.5, 0.6) is 0 Å². The number of hydrogen-bond acceptors (Lipinski definition) is 0. The molecule has 4 atom stereocenters. The minimum Gasteiger partial charge on any atom is -0.126 e. The van der Waals surface area contributed by atoms with Crippen LogP contribution in [0, 0.1) is 5.92 Å². The predicted octanol–water partition coefficient (Wildman–Crippen LogP) is 8.39. The second-order valence-electron chi connectivity index (χ2n) is 7.59. The molecule has 0 aliphatic rings. The first-order valence-electron chi connectivity index (χ1n) is 10.6. The van der Waals surface area contributed by atoms with E-state index in [1.165, 1.54) is 96.1 Å². The fourth-order valence-corrected chi connectivity index (χ4v) is 5.90. The van der Waals surface area contributed by atoms with Gasteiger partial charge in [-0.05, 0) is 31.3 Å². The van der Waals surface area contributed by atoms with Gasteiger partial charge >= 0.3 is 0 Å². The fraction of sp³-hybridized carbons (Fsp3) is 1.00. The zero-order chi connectivity index (χ0) is 17.4. The summed E-state index contributed by atoms with van der Waals surface area (Å²) in [4.78, 5) is 0.548. The molecule has 0 radical (unpaired) electrons. The first-order chi connectivity index (χ1) is 11.1. The lowest BCUT2D eigenvalue weighted by Gasteiger charge is -2.36. The van der Waals surface area contributed by atoms with Gasteiger partial charge in [0.25, 0.3) is 0 Å². The molecule has 0 bridgehead atoms. The first kappa shape index (κ1) is 23.9. The van der Waals surface area contributed by atoms with Crippen LogP contribution < -0.4 is 0 Å². The SMILES string of the molecule is CCCCCCPC(P)(CCCCCC)C(C)CCCCCC. The second kappa shape index (κ2) is 16.3. The van der Waals surface area contributed by atoms with Gasteiger partial charge in [0.2, 0.25) is 0 Å². The number of hydrogen-bond donors (Lipinski definition) is 0. The minimum absolute atomic E-state index is 0.548. The van der Waals surface area contributed by atoms with Crippen LogP contribution in [-0.2, 0) is 0 Å². The van der Waals surface area contributed by atoms with Crippen molar-refractivity contribution in [2.75, 3.05) is 6.16 Å².